The molecule has 0 bridgehead atoms. The first kappa shape index (κ1) is 15.0. The maximum absolute atomic E-state index is 11.8. The predicted octanol–water partition coefficient (Wildman–Crippen LogP) is 1.17. The molecule has 0 amide bonds. The third-order valence-corrected chi connectivity index (χ3v) is 6.61. The van der Waals surface area contributed by atoms with Crippen LogP contribution in [0.2, 0.25) is 5.32 Å². The number of benzene rings is 1. The van der Waals surface area contributed by atoms with E-state index in [1.165, 1.54) is 11.6 Å². The van der Waals surface area contributed by atoms with Crippen molar-refractivity contribution in [3.8, 4) is 0 Å². The number of esters is 1. The molecule has 4 nitrogen and oxygen atoms in total. The van der Waals surface area contributed by atoms with Gasteiger partial charge in [-0.3, -0.25) is 0 Å². The van der Waals surface area contributed by atoms with E-state index in [9.17, 15) is 4.79 Å². The molecule has 2 aliphatic rings. The van der Waals surface area contributed by atoms with Crippen LogP contribution in [0.5, 0.6) is 0 Å². The van der Waals surface area contributed by atoms with Gasteiger partial charge in [-0.25, -0.2) is 0 Å². The summed E-state index contributed by atoms with van der Waals surface area (Å²) in [6.07, 6.45) is -0.956. The van der Waals surface area contributed by atoms with E-state index >= 15 is 0 Å². The van der Waals surface area contributed by atoms with Crippen molar-refractivity contribution < 1.29 is 19.0 Å². The van der Waals surface area contributed by atoms with Crippen molar-refractivity contribution >= 4 is 25.4 Å². The Kier molecular flexibility index (Phi) is 4.10. The second-order valence-electron chi connectivity index (χ2n) is 6.05. The minimum atomic E-state index is -0.580. The van der Waals surface area contributed by atoms with Gasteiger partial charge >= 0.3 is 131 Å². The van der Waals surface area contributed by atoms with Gasteiger partial charge in [0, 0.05) is 0 Å². The second kappa shape index (κ2) is 5.73. The number of fused-ring (bicyclic) bond motifs is 1. The SMILES string of the molecule is CO[C@@H]1C(=O)O[C@@H]2[C@H]1OC(C[Se]c1ccccc1)C2(C)C. The summed E-state index contributed by atoms with van der Waals surface area (Å²) in [7, 11) is 1.53. The average molecular weight is 355 g/mol. The summed E-state index contributed by atoms with van der Waals surface area (Å²) in [6.45, 7) is 4.24. The van der Waals surface area contributed by atoms with Crippen molar-refractivity contribution in [1.29, 1.82) is 0 Å². The van der Waals surface area contributed by atoms with Gasteiger partial charge < -0.3 is 0 Å². The molecule has 1 aromatic rings. The van der Waals surface area contributed by atoms with E-state index in [0.717, 1.165) is 5.32 Å². The molecule has 0 spiro atoms. The van der Waals surface area contributed by atoms with Crippen LogP contribution in [0.15, 0.2) is 30.3 Å². The summed E-state index contributed by atoms with van der Waals surface area (Å²) < 4.78 is 18.3. The van der Waals surface area contributed by atoms with Crippen LogP contribution in [-0.2, 0) is 19.0 Å². The van der Waals surface area contributed by atoms with Crippen LogP contribution in [0.3, 0.4) is 0 Å². The fourth-order valence-corrected chi connectivity index (χ4v) is 5.51. The molecular formula is C16H20O4Se. The summed E-state index contributed by atoms with van der Waals surface area (Å²) in [6, 6.07) is 10.5. The van der Waals surface area contributed by atoms with Crippen LogP contribution in [0, 0.1) is 5.41 Å². The third-order valence-electron chi connectivity index (χ3n) is 4.36. The Labute approximate surface area is 131 Å². The van der Waals surface area contributed by atoms with E-state index in [1.54, 1.807) is 0 Å². The first-order chi connectivity index (χ1) is 10.0. The summed E-state index contributed by atoms with van der Waals surface area (Å²) in [4.78, 5) is 11.8. The molecular weight excluding hydrogens is 335 g/mol. The zero-order valence-electron chi connectivity index (χ0n) is 12.4. The van der Waals surface area contributed by atoms with Gasteiger partial charge in [0.25, 0.3) is 0 Å². The van der Waals surface area contributed by atoms with E-state index in [0.29, 0.717) is 15.0 Å². The molecule has 0 N–H and O–H groups in total. The molecule has 0 aliphatic carbocycles. The predicted molar refractivity (Wildman–Crippen MR) is 79.8 cm³/mol. The van der Waals surface area contributed by atoms with Crippen LogP contribution in [0.25, 0.3) is 0 Å². The average Bonchev–Trinajstić information content (AvgIpc) is 2.91. The molecule has 2 fully saturated rings. The number of rotatable bonds is 4. The van der Waals surface area contributed by atoms with Crippen LogP contribution in [0.1, 0.15) is 13.8 Å². The molecule has 0 aromatic heterocycles. The topological polar surface area (TPSA) is 44.8 Å². The zero-order chi connectivity index (χ0) is 15.0. The first-order valence-electron chi connectivity index (χ1n) is 7.10. The van der Waals surface area contributed by atoms with E-state index < -0.39 is 6.10 Å². The summed E-state index contributed by atoms with van der Waals surface area (Å²) in [5, 5.41) is 0.977. The van der Waals surface area contributed by atoms with Gasteiger partial charge in [0.2, 0.25) is 0 Å². The normalized spacial score (nSPS) is 33.8. The Balaban J connectivity index is 1.69. The molecule has 114 valence electrons. The third kappa shape index (κ3) is 2.64. The van der Waals surface area contributed by atoms with Gasteiger partial charge in [-0.05, 0) is 0 Å². The fourth-order valence-electron chi connectivity index (χ4n) is 2.99. The Bertz CT molecular complexity index is 516. The van der Waals surface area contributed by atoms with Gasteiger partial charge in [0.05, 0.1) is 0 Å². The first-order valence-corrected chi connectivity index (χ1v) is 9.17. The quantitative estimate of drug-likeness (QED) is 0.601. The van der Waals surface area contributed by atoms with Crippen LogP contribution >= 0.6 is 0 Å². The van der Waals surface area contributed by atoms with Gasteiger partial charge in [-0.15, -0.1) is 0 Å². The molecule has 4 atom stereocenters. The molecule has 21 heavy (non-hydrogen) atoms. The Morgan fingerprint density at radius 2 is 2.00 bits per heavy atom. The minimum absolute atomic E-state index is 0.0958. The van der Waals surface area contributed by atoms with E-state index in [-0.39, 0.29) is 29.7 Å². The summed E-state index contributed by atoms with van der Waals surface area (Å²) in [5.74, 6) is -0.299. The van der Waals surface area contributed by atoms with Crippen molar-refractivity contribution in [3.63, 3.8) is 0 Å². The van der Waals surface area contributed by atoms with Crippen LogP contribution < -0.4 is 4.46 Å². The summed E-state index contributed by atoms with van der Waals surface area (Å²) in [5.41, 5.74) is -0.176. The Morgan fingerprint density at radius 1 is 1.29 bits per heavy atom. The van der Waals surface area contributed by atoms with Crippen LogP contribution in [0.4, 0.5) is 0 Å². The van der Waals surface area contributed by atoms with Gasteiger partial charge in [-0.1, -0.05) is 0 Å². The van der Waals surface area contributed by atoms with Crippen LogP contribution in [-0.4, -0.2) is 52.5 Å². The standard InChI is InChI=1S/C16H20O4Se/c1-16(2)11(9-21-10-7-5-4-6-8-10)19-12-13(18-3)15(17)20-14(12)16/h4-8,11-14H,9H2,1-3H3/t11?,12-,13-,14+/m0/s1. The van der Waals surface area contributed by atoms with Crippen molar-refractivity contribution in [2.45, 2.75) is 43.6 Å². The molecule has 0 radical (unpaired) electrons. The molecule has 1 aromatic carbocycles. The zero-order valence-corrected chi connectivity index (χ0v) is 14.2. The van der Waals surface area contributed by atoms with E-state index in [1.807, 2.05) is 6.07 Å². The van der Waals surface area contributed by atoms with Crippen molar-refractivity contribution in [2.24, 2.45) is 5.41 Å². The van der Waals surface area contributed by atoms with Crippen molar-refractivity contribution in [1.82, 2.24) is 0 Å². The van der Waals surface area contributed by atoms with E-state index in [4.69, 9.17) is 14.2 Å². The number of hydrogen-bond donors (Lipinski definition) is 0. The van der Waals surface area contributed by atoms with Gasteiger partial charge in [0.15, 0.2) is 0 Å². The summed E-state index contributed by atoms with van der Waals surface area (Å²) >= 11 is 0.356. The number of carbonyl (C=O) groups excluding carboxylic acids is 1. The fraction of sp³-hybridized carbons (Fsp3) is 0.562. The van der Waals surface area contributed by atoms with Crippen molar-refractivity contribution in [2.75, 3.05) is 7.11 Å². The molecule has 2 heterocycles. The molecule has 3 rings (SSSR count). The molecule has 5 heteroatoms. The monoisotopic (exact) mass is 356 g/mol. The molecule has 2 aliphatic heterocycles. The molecule has 2 saturated heterocycles. The van der Waals surface area contributed by atoms with Gasteiger partial charge in [-0.2, -0.15) is 0 Å². The van der Waals surface area contributed by atoms with Crippen molar-refractivity contribution in [3.05, 3.63) is 30.3 Å². The maximum atomic E-state index is 11.8. The Morgan fingerprint density at radius 3 is 2.67 bits per heavy atom. The number of hydrogen-bond acceptors (Lipinski definition) is 4. The molecule has 1 unspecified atom stereocenters. The van der Waals surface area contributed by atoms with Gasteiger partial charge in [0.1, 0.15) is 0 Å². The second-order valence-corrected chi connectivity index (χ2v) is 8.34. The number of methoxy groups -OCH3 is 1. The number of carbonyl (C=O) groups is 1. The van der Waals surface area contributed by atoms with E-state index in [2.05, 4.69) is 38.1 Å². The number of ether oxygens (including phenoxy) is 3. The Hall–Kier alpha value is -0.871. The molecule has 0 saturated carbocycles.